The standard InChI is InChI=1S/C13H17N.C2H5NO/c1-2-4-12-11(3-1)5-6-13(12)7-9-14-10-8-13;1-2(3)4/h1-4,14H,5-10H2;1H3,(H2,3,4). The summed E-state index contributed by atoms with van der Waals surface area (Å²) in [7, 11) is 0. The monoisotopic (exact) mass is 246 g/mol. The number of carbonyl (C=O) groups is 1. The lowest BCUT2D eigenvalue weighted by atomic mass is 9.74. The van der Waals surface area contributed by atoms with E-state index in [0.717, 1.165) is 0 Å². The Morgan fingerprint density at radius 1 is 1.22 bits per heavy atom. The fraction of sp³-hybridized carbons (Fsp3) is 0.533. The number of benzene rings is 1. The maximum Gasteiger partial charge on any atom is 0.214 e. The van der Waals surface area contributed by atoms with Crippen molar-refractivity contribution in [2.75, 3.05) is 13.1 Å². The molecule has 1 amide bonds. The lowest BCUT2D eigenvalue weighted by Gasteiger charge is -2.34. The molecule has 3 rings (SSSR count). The van der Waals surface area contributed by atoms with Crippen LogP contribution in [-0.2, 0) is 16.6 Å². The lowest BCUT2D eigenvalue weighted by Crippen LogP contribution is -2.38. The summed E-state index contributed by atoms with van der Waals surface area (Å²) in [5.41, 5.74) is 8.28. The Balaban J connectivity index is 0.000000267. The Bertz CT molecular complexity index is 413. The largest absolute Gasteiger partial charge is 0.370 e. The minimum atomic E-state index is -0.333. The third-order valence-electron chi connectivity index (χ3n) is 4.02. The van der Waals surface area contributed by atoms with Gasteiger partial charge in [-0.25, -0.2) is 0 Å². The molecule has 1 saturated heterocycles. The van der Waals surface area contributed by atoms with Crippen LogP contribution in [0.25, 0.3) is 0 Å². The van der Waals surface area contributed by atoms with Crippen molar-refractivity contribution in [1.82, 2.24) is 5.32 Å². The van der Waals surface area contributed by atoms with Gasteiger partial charge in [-0.05, 0) is 55.3 Å². The number of carbonyl (C=O) groups excluding carboxylic acids is 1. The highest BCUT2D eigenvalue weighted by Gasteiger charge is 2.38. The first kappa shape index (κ1) is 13.1. The van der Waals surface area contributed by atoms with Crippen molar-refractivity contribution in [2.24, 2.45) is 5.73 Å². The normalized spacial score (nSPS) is 19.8. The summed E-state index contributed by atoms with van der Waals surface area (Å²) < 4.78 is 0. The number of piperidine rings is 1. The molecular formula is C15H22N2O. The summed E-state index contributed by atoms with van der Waals surface area (Å²) in [5.74, 6) is -0.333. The summed E-state index contributed by atoms with van der Waals surface area (Å²) in [6.45, 7) is 3.71. The van der Waals surface area contributed by atoms with E-state index in [2.05, 4.69) is 35.3 Å². The molecular weight excluding hydrogens is 224 g/mol. The van der Waals surface area contributed by atoms with E-state index in [-0.39, 0.29) is 5.91 Å². The third-order valence-corrected chi connectivity index (χ3v) is 4.02. The molecule has 0 atom stereocenters. The van der Waals surface area contributed by atoms with E-state index in [4.69, 9.17) is 0 Å². The highest BCUT2D eigenvalue weighted by atomic mass is 16.1. The molecule has 0 bridgehead atoms. The third kappa shape index (κ3) is 2.72. The molecule has 1 spiro atoms. The van der Waals surface area contributed by atoms with Gasteiger partial charge in [-0.3, -0.25) is 4.79 Å². The van der Waals surface area contributed by atoms with E-state index in [1.165, 1.54) is 45.7 Å². The van der Waals surface area contributed by atoms with Gasteiger partial charge in [0.25, 0.3) is 0 Å². The maximum atomic E-state index is 9.22. The first-order chi connectivity index (χ1) is 8.64. The van der Waals surface area contributed by atoms with Crippen molar-refractivity contribution < 1.29 is 4.79 Å². The molecule has 0 aromatic heterocycles. The minimum absolute atomic E-state index is 0.333. The average molecular weight is 246 g/mol. The van der Waals surface area contributed by atoms with Crippen LogP contribution in [0.1, 0.15) is 37.3 Å². The van der Waals surface area contributed by atoms with Crippen molar-refractivity contribution >= 4 is 5.91 Å². The number of primary amides is 1. The topological polar surface area (TPSA) is 55.1 Å². The Morgan fingerprint density at radius 2 is 1.83 bits per heavy atom. The molecule has 3 heteroatoms. The Hall–Kier alpha value is -1.35. The van der Waals surface area contributed by atoms with Crippen LogP contribution < -0.4 is 11.1 Å². The van der Waals surface area contributed by atoms with Gasteiger partial charge < -0.3 is 11.1 Å². The number of amides is 1. The summed E-state index contributed by atoms with van der Waals surface area (Å²) in [6, 6.07) is 9.05. The van der Waals surface area contributed by atoms with Gasteiger partial charge in [0.15, 0.2) is 0 Å². The van der Waals surface area contributed by atoms with E-state index in [1.807, 2.05) is 0 Å². The number of aryl methyl sites for hydroxylation is 1. The van der Waals surface area contributed by atoms with E-state index < -0.39 is 0 Å². The molecule has 1 aromatic carbocycles. The van der Waals surface area contributed by atoms with Crippen molar-refractivity contribution in [3.8, 4) is 0 Å². The second kappa shape index (κ2) is 5.53. The van der Waals surface area contributed by atoms with Gasteiger partial charge in [0, 0.05) is 6.92 Å². The van der Waals surface area contributed by atoms with Crippen LogP contribution in [0.5, 0.6) is 0 Å². The van der Waals surface area contributed by atoms with Crippen LogP contribution in [0.15, 0.2) is 24.3 Å². The van der Waals surface area contributed by atoms with Crippen molar-refractivity contribution in [3.63, 3.8) is 0 Å². The van der Waals surface area contributed by atoms with Crippen LogP contribution in [0.4, 0.5) is 0 Å². The van der Waals surface area contributed by atoms with Gasteiger partial charge in [0.2, 0.25) is 5.91 Å². The molecule has 1 aromatic rings. The summed E-state index contributed by atoms with van der Waals surface area (Å²) in [4.78, 5) is 9.22. The quantitative estimate of drug-likeness (QED) is 0.732. The number of hydrogen-bond donors (Lipinski definition) is 2. The van der Waals surface area contributed by atoms with Gasteiger partial charge in [0.1, 0.15) is 0 Å². The van der Waals surface area contributed by atoms with Gasteiger partial charge >= 0.3 is 0 Å². The smallest absolute Gasteiger partial charge is 0.214 e. The van der Waals surface area contributed by atoms with Crippen LogP contribution in [-0.4, -0.2) is 19.0 Å². The fourth-order valence-corrected chi connectivity index (χ4v) is 3.19. The Morgan fingerprint density at radius 3 is 2.50 bits per heavy atom. The zero-order valence-corrected chi connectivity index (χ0v) is 11.0. The summed E-state index contributed by atoms with van der Waals surface area (Å²) >= 11 is 0. The summed E-state index contributed by atoms with van der Waals surface area (Å²) in [5, 5.41) is 3.47. The van der Waals surface area contributed by atoms with Gasteiger partial charge in [-0.15, -0.1) is 0 Å². The van der Waals surface area contributed by atoms with Crippen molar-refractivity contribution in [2.45, 2.75) is 38.0 Å². The molecule has 0 saturated carbocycles. The van der Waals surface area contributed by atoms with Gasteiger partial charge in [-0.2, -0.15) is 0 Å². The predicted molar refractivity (Wildman–Crippen MR) is 73.4 cm³/mol. The van der Waals surface area contributed by atoms with Crippen molar-refractivity contribution in [1.29, 1.82) is 0 Å². The molecule has 2 aliphatic rings. The molecule has 0 unspecified atom stereocenters. The first-order valence-corrected chi connectivity index (χ1v) is 6.69. The highest BCUT2D eigenvalue weighted by molar-refractivity contribution is 5.70. The first-order valence-electron chi connectivity index (χ1n) is 6.69. The zero-order chi connectivity index (χ0) is 13.0. The SMILES string of the molecule is CC(N)=O.c1ccc2c(c1)CCC21CCNCC1. The van der Waals surface area contributed by atoms with E-state index in [0.29, 0.717) is 5.41 Å². The van der Waals surface area contributed by atoms with Crippen molar-refractivity contribution in [3.05, 3.63) is 35.4 Å². The molecule has 18 heavy (non-hydrogen) atoms. The summed E-state index contributed by atoms with van der Waals surface area (Å²) in [6.07, 6.45) is 5.36. The number of hydrogen-bond acceptors (Lipinski definition) is 2. The molecule has 3 nitrogen and oxygen atoms in total. The number of fused-ring (bicyclic) bond motifs is 2. The van der Waals surface area contributed by atoms with Gasteiger partial charge in [-0.1, -0.05) is 24.3 Å². The zero-order valence-electron chi connectivity index (χ0n) is 11.0. The predicted octanol–water partition coefficient (Wildman–Crippen LogP) is 1.75. The number of nitrogens with one attached hydrogen (secondary N) is 1. The minimum Gasteiger partial charge on any atom is -0.370 e. The molecule has 1 aliphatic heterocycles. The Kier molecular flexibility index (Phi) is 4.02. The van der Waals surface area contributed by atoms with E-state index in [1.54, 1.807) is 11.1 Å². The van der Waals surface area contributed by atoms with Crippen LogP contribution in [0.3, 0.4) is 0 Å². The second-order valence-electron chi connectivity index (χ2n) is 5.30. The number of rotatable bonds is 0. The van der Waals surface area contributed by atoms with Gasteiger partial charge in [0.05, 0.1) is 0 Å². The molecule has 0 radical (unpaired) electrons. The molecule has 1 fully saturated rings. The molecule has 1 heterocycles. The molecule has 1 aliphatic carbocycles. The van der Waals surface area contributed by atoms with E-state index >= 15 is 0 Å². The molecule has 98 valence electrons. The Labute approximate surface area is 109 Å². The average Bonchev–Trinajstić information content (AvgIpc) is 2.70. The van der Waals surface area contributed by atoms with Crippen LogP contribution in [0, 0.1) is 0 Å². The fourth-order valence-electron chi connectivity index (χ4n) is 3.19. The maximum absolute atomic E-state index is 9.22. The van der Waals surface area contributed by atoms with Crippen LogP contribution in [0.2, 0.25) is 0 Å². The highest BCUT2D eigenvalue weighted by Crippen LogP contribution is 2.44. The van der Waals surface area contributed by atoms with E-state index in [9.17, 15) is 4.79 Å². The molecule has 3 N–H and O–H groups in total. The second-order valence-corrected chi connectivity index (χ2v) is 5.30. The number of nitrogens with two attached hydrogens (primary N) is 1. The lowest BCUT2D eigenvalue weighted by molar-refractivity contribution is -0.115. The van der Waals surface area contributed by atoms with Crippen LogP contribution >= 0.6 is 0 Å².